The first-order valence-electron chi connectivity index (χ1n) is 13.8. The Balaban J connectivity index is 1.31. The lowest BCUT2D eigenvalue weighted by molar-refractivity contribution is -0.165. The van der Waals surface area contributed by atoms with Crippen molar-refractivity contribution < 1.29 is 29.0 Å². The van der Waals surface area contributed by atoms with Gasteiger partial charge in [0.05, 0.1) is 12.7 Å². The molecule has 2 aliphatic rings. The molecule has 2 amide bonds. The molecule has 0 radical (unpaired) electrons. The van der Waals surface area contributed by atoms with Crippen LogP contribution >= 0.6 is 0 Å². The Morgan fingerprint density at radius 3 is 2.24 bits per heavy atom. The highest BCUT2D eigenvalue weighted by atomic mass is 16.5. The lowest BCUT2D eigenvalue weighted by Gasteiger charge is -2.39. The van der Waals surface area contributed by atoms with Crippen molar-refractivity contribution in [2.75, 3.05) is 33.4 Å². The Morgan fingerprint density at radius 1 is 1.00 bits per heavy atom. The minimum atomic E-state index is -1.15. The number of hydrogen-bond donors (Lipinski definition) is 2. The van der Waals surface area contributed by atoms with E-state index in [1.54, 1.807) is 6.92 Å². The number of nitrogens with zero attached hydrogens (tertiary/aromatic N) is 2. The summed E-state index contributed by atoms with van der Waals surface area (Å²) in [5.41, 5.74) is 5.46. The molecule has 9 heteroatoms. The quantitative estimate of drug-likeness (QED) is 0.413. The summed E-state index contributed by atoms with van der Waals surface area (Å²) in [4.78, 5) is 42.2. The third-order valence-electron chi connectivity index (χ3n) is 7.75. The summed E-state index contributed by atoms with van der Waals surface area (Å²) >= 11 is 0. The molecule has 1 saturated heterocycles. The van der Waals surface area contributed by atoms with E-state index in [1.807, 2.05) is 78.7 Å². The van der Waals surface area contributed by atoms with Crippen LogP contribution in [0.1, 0.15) is 29.5 Å². The van der Waals surface area contributed by atoms with Gasteiger partial charge in [0.1, 0.15) is 12.6 Å². The van der Waals surface area contributed by atoms with E-state index in [-0.39, 0.29) is 32.2 Å². The van der Waals surface area contributed by atoms with Crippen LogP contribution < -0.4 is 5.32 Å². The molecule has 1 aliphatic carbocycles. The number of likely N-dealkylation sites (N-methyl/N-ethyl adjacent to an activating group) is 1. The SMILES string of the molecule is CC1OCCN(C(=O)C(CN(C)Cc2ccccc2)NC(=O)OCC2c3ccccc3-c3ccccc32)C1C(=O)O. The molecule has 214 valence electrons. The number of fused-ring (bicyclic) bond motifs is 3. The van der Waals surface area contributed by atoms with Crippen LogP contribution in [0.3, 0.4) is 0 Å². The number of morpholine rings is 1. The number of hydrogen-bond acceptors (Lipinski definition) is 6. The summed E-state index contributed by atoms with van der Waals surface area (Å²) in [6.07, 6.45) is -1.41. The molecule has 3 aromatic carbocycles. The summed E-state index contributed by atoms with van der Waals surface area (Å²) in [6.45, 7) is 2.77. The molecule has 0 bridgehead atoms. The fourth-order valence-electron chi connectivity index (χ4n) is 5.84. The predicted octanol–water partition coefficient (Wildman–Crippen LogP) is 3.73. The van der Waals surface area contributed by atoms with Gasteiger partial charge in [-0.1, -0.05) is 78.9 Å². The first-order chi connectivity index (χ1) is 19.8. The van der Waals surface area contributed by atoms with Crippen molar-refractivity contribution in [3.63, 3.8) is 0 Å². The summed E-state index contributed by atoms with van der Waals surface area (Å²) in [5, 5.41) is 12.6. The normalized spacial score (nSPS) is 18.9. The third-order valence-corrected chi connectivity index (χ3v) is 7.75. The number of nitrogens with one attached hydrogen (secondary N) is 1. The van der Waals surface area contributed by atoms with Crippen molar-refractivity contribution in [2.24, 2.45) is 0 Å². The fraction of sp³-hybridized carbons (Fsp3) is 0.344. The van der Waals surface area contributed by atoms with Gasteiger partial charge in [0.25, 0.3) is 0 Å². The van der Waals surface area contributed by atoms with Crippen LogP contribution in [0.15, 0.2) is 78.9 Å². The lowest BCUT2D eigenvalue weighted by atomic mass is 9.98. The summed E-state index contributed by atoms with van der Waals surface area (Å²) < 4.78 is 11.2. The van der Waals surface area contributed by atoms with Gasteiger partial charge in [-0.2, -0.15) is 0 Å². The number of alkyl carbamates (subject to hydrolysis) is 1. The number of rotatable bonds is 9. The fourth-order valence-corrected chi connectivity index (χ4v) is 5.84. The minimum absolute atomic E-state index is 0.104. The molecule has 9 nitrogen and oxygen atoms in total. The molecule has 3 unspecified atom stereocenters. The topological polar surface area (TPSA) is 108 Å². The Labute approximate surface area is 239 Å². The average Bonchev–Trinajstić information content (AvgIpc) is 3.29. The minimum Gasteiger partial charge on any atom is -0.480 e. The van der Waals surface area contributed by atoms with Crippen molar-refractivity contribution in [3.05, 3.63) is 95.6 Å². The molecule has 0 spiro atoms. The van der Waals surface area contributed by atoms with E-state index in [0.717, 1.165) is 27.8 Å². The van der Waals surface area contributed by atoms with E-state index in [9.17, 15) is 19.5 Å². The Morgan fingerprint density at radius 2 is 1.61 bits per heavy atom. The first-order valence-corrected chi connectivity index (χ1v) is 13.8. The van der Waals surface area contributed by atoms with E-state index >= 15 is 0 Å². The van der Waals surface area contributed by atoms with Gasteiger partial charge in [-0.05, 0) is 41.8 Å². The average molecular weight is 558 g/mol. The van der Waals surface area contributed by atoms with Crippen LogP contribution in [0.5, 0.6) is 0 Å². The van der Waals surface area contributed by atoms with E-state index in [4.69, 9.17) is 9.47 Å². The van der Waals surface area contributed by atoms with Crippen molar-refractivity contribution in [1.82, 2.24) is 15.1 Å². The summed E-state index contributed by atoms with van der Waals surface area (Å²) in [7, 11) is 1.85. The van der Waals surface area contributed by atoms with Gasteiger partial charge in [-0.25, -0.2) is 9.59 Å². The monoisotopic (exact) mass is 557 g/mol. The van der Waals surface area contributed by atoms with Gasteiger partial charge in [0.15, 0.2) is 6.04 Å². The number of ether oxygens (including phenoxy) is 2. The highest BCUT2D eigenvalue weighted by Gasteiger charge is 2.41. The molecule has 0 saturated carbocycles. The maximum absolute atomic E-state index is 13.8. The van der Waals surface area contributed by atoms with E-state index in [2.05, 4.69) is 17.4 Å². The van der Waals surface area contributed by atoms with E-state index in [0.29, 0.717) is 6.54 Å². The summed E-state index contributed by atoms with van der Waals surface area (Å²) in [5.74, 6) is -1.76. The van der Waals surface area contributed by atoms with Crippen molar-refractivity contribution >= 4 is 18.0 Å². The standard InChI is InChI=1S/C32H35N3O6/c1-21-29(31(37)38)35(16-17-40-21)30(36)28(19-34(2)18-22-10-4-3-5-11-22)33-32(39)41-20-27-25-14-8-6-12-23(25)24-13-7-9-15-26(24)27/h3-15,21,27-29H,16-20H2,1-2H3,(H,33,39)(H,37,38). The maximum atomic E-state index is 13.8. The van der Waals surface area contributed by atoms with Gasteiger partial charge in [-0.3, -0.25) is 9.69 Å². The predicted molar refractivity (Wildman–Crippen MR) is 153 cm³/mol. The number of benzene rings is 3. The molecule has 1 fully saturated rings. The molecule has 3 aromatic rings. The van der Waals surface area contributed by atoms with Crippen molar-refractivity contribution in [1.29, 1.82) is 0 Å². The molecule has 1 aliphatic heterocycles. The Hall–Kier alpha value is -4.21. The largest absolute Gasteiger partial charge is 0.480 e. The molecule has 1 heterocycles. The van der Waals surface area contributed by atoms with Crippen LogP contribution in [-0.4, -0.2) is 84.4 Å². The molecule has 5 rings (SSSR count). The van der Waals surface area contributed by atoms with Gasteiger partial charge in [0, 0.05) is 25.6 Å². The lowest BCUT2D eigenvalue weighted by Crippen LogP contribution is -2.62. The van der Waals surface area contributed by atoms with Crippen molar-refractivity contribution in [2.45, 2.75) is 37.6 Å². The number of aliphatic carboxylic acids is 1. The number of carboxylic acid groups (broad SMARTS) is 1. The zero-order valence-corrected chi connectivity index (χ0v) is 23.2. The van der Waals surface area contributed by atoms with Crippen LogP contribution in [-0.2, 0) is 25.6 Å². The van der Waals surface area contributed by atoms with Crippen LogP contribution in [0.2, 0.25) is 0 Å². The molecule has 0 aromatic heterocycles. The van der Waals surface area contributed by atoms with Gasteiger partial charge in [-0.15, -0.1) is 0 Å². The molecule has 41 heavy (non-hydrogen) atoms. The van der Waals surface area contributed by atoms with Crippen LogP contribution in [0.4, 0.5) is 4.79 Å². The number of carbonyl (C=O) groups is 3. The number of carboxylic acids is 1. The second-order valence-electron chi connectivity index (χ2n) is 10.6. The zero-order chi connectivity index (χ0) is 28.9. The molecule has 2 N–H and O–H groups in total. The highest BCUT2D eigenvalue weighted by molar-refractivity contribution is 5.90. The second kappa shape index (κ2) is 12.5. The van der Waals surface area contributed by atoms with Gasteiger partial charge < -0.3 is 24.8 Å². The summed E-state index contributed by atoms with van der Waals surface area (Å²) in [6, 6.07) is 23.7. The van der Waals surface area contributed by atoms with E-state index < -0.39 is 36.2 Å². The molecular formula is C32H35N3O6. The molecular weight excluding hydrogens is 522 g/mol. The Kier molecular flexibility index (Phi) is 8.66. The second-order valence-corrected chi connectivity index (χ2v) is 10.6. The molecule has 3 atom stereocenters. The number of amides is 2. The highest BCUT2D eigenvalue weighted by Crippen LogP contribution is 2.44. The van der Waals surface area contributed by atoms with Gasteiger partial charge in [0.2, 0.25) is 5.91 Å². The zero-order valence-electron chi connectivity index (χ0n) is 23.2. The number of carbonyl (C=O) groups excluding carboxylic acids is 2. The third kappa shape index (κ3) is 6.26. The smallest absolute Gasteiger partial charge is 0.407 e. The van der Waals surface area contributed by atoms with Gasteiger partial charge >= 0.3 is 12.1 Å². The maximum Gasteiger partial charge on any atom is 0.407 e. The Bertz CT molecular complexity index is 1350. The van der Waals surface area contributed by atoms with Crippen molar-refractivity contribution in [3.8, 4) is 11.1 Å². The van der Waals surface area contributed by atoms with Crippen LogP contribution in [0, 0.1) is 0 Å². The van der Waals surface area contributed by atoms with Crippen LogP contribution in [0.25, 0.3) is 11.1 Å². The van der Waals surface area contributed by atoms with E-state index in [1.165, 1.54) is 4.90 Å². The first kappa shape index (κ1) is 28.3.